The number of halogens is 2. The van der Waals surface area contributed by atoms with Crippen molar-refractivity contribution in [3.63, 3.8) is 0 Å². The SMILES string of the molecule is CCC(CO)(Cc1ccc(F)c(F)c1)c1ccccc1. The van der Waals surface area contributed by atoms with E-state index in [1.807, 2.05) is 37.3 Å². The van der Waals surface area contributed by atoms with Crippen molar-refractivity contribution in [2.24, 2.45) is 0 Å². The van der Waals surface area contributed by atoms with Gasteiger partial charge in [-0.05, 0) is 36.1 Å². The van der Waals surface area contributed by atoms with Gasteiger partial charge in [0.25, 0.3) is 0 Å². The molecule has 0 radical (unpaired) electrons. The van der Waals surface area contributed by atoms with Gasteiger partial charge in [-0.3, -0.25) is 0 Å². The predicted octanol–water partition coefficient (Wildman–Crippen LogP) is 3.85. The summed E-state index contributed by atoms with van der Waals surface area (Å²) < 4.78 is 26.3. The van der Waals surface area contributed by atoms with Gasteiger partial charge in [0.15, 0.2) is 11.6 Å². The van der Waals surface area contributed by atoms with Gasteiger partial charge in [-0.25, -0.2) is 8.78 Å². The third-order valence-corrected chi connectivity index (χ3v) is 3.89. The Labute approximate surface area is 117 Å². The van der Waals surface area contributed by atoms with Gasteiger partial charge in [0, 0.05) is 5.41 Å². The van der Waals surface area contributed by atoms with E-state index in [1.165, 1.54) is 6.07 Å². The van der Waals surface area contributed by atoms with Crippen LogP contribution in [-0.4, -0.2) is 11.7 Å². The molecular formula is C17H18F2O. The van der Waals surface area contributed by atoms with Crippen LogP contribution < -0.4 is 0 Å². The normalized spacial score (nSPS) is 14.0. The topological polar surface area (TPSA) is 20.2 Å². The van der Waals surface area contributed by atoms with Crippen LogP contribution in [0.5, 0.6) is 0 Å². The maximum absolute atomic E-state index is 13.3. The molecule has 1 atom stereocenters. The Morgan fingerprint density at radius 2 is 1.70 bits per heavy atom. The van der Waals surface area contributed by atoms with Crippen molar-refractivity contribution in [2.75, 3.05) is 6.61 Å². The molecular weight excluding hydrogens is 258 g/mol. The van der Waals surface area contributed by atoms with Crippen LogP contribution in [0.2, 0.25) is 0 Å². The molecule has 0 saturated heterocycles. The average molecular weight is 276 g/mol. The Bertz CT molecular complexity index is 562. The minimum atomic E-state index is -0.849. The second-order valence-corrected chi connectivity index (χ2v) is 5.08. The number of aliphatic hydroxyl groups is 1. The first-order valence-corrected chi connectivity index (χ1v) is 6.71. The van der Waals surface area contributed by atoms with Gasteiger partial charge in [0.2, 0.25) is 0 Å². The van der Waals surface area contributed by atoms with E-state index in [0.717, 1.165) is 11.6 Å². The molecule has 0 fully saturated rings. The smallest absolute Gasteiger partial charge is 0.159 e. The molecule has 106 valence electrons. The van der Waals surface area contributed by atoms with Crippen molar-refractivity contribution < 1.29 is 13.9 Å². The van der Waals surface area contributed by atoms with Crippen molar-refractivity contribution in [3.8, 4) is 0 Å². The Morgan fingerprint density at radius 3 is 2.25 bits per heavy atom. The third-order valence-electron chi connectivity index (χ3n) is 3.89. The van der Waals surface area contributed by atoms with Crippen LogP contribution in [0.3, 0.4) is 0 Å². The van der Waals surface area contributed by atoms with Gasteiger partial charge < -0.3 is 5.11 Å². The molecule has 0 heterocycles. The lowest BCUT2D eigenvalue weighted by Crippen LogP contribution is -2.32. The van der Waals surface area contributed by atoms with Crippen LogP contribution in [-0.2, 0) is 11.8 Å². The molecule has 0 aliphatic heterocycles. The Morgan fingerprint density at radius 1 is 1.00 bits per heavy atom. The lowest BCUT2D eigenvalue weighted by atomic mass is 9.74. The molecule has 0 aromatic heterocycles. The molecule has 20 heavy (non-hydrogen) atoms. The molecule has 0 spiro atoms. The van der Waals surface area contributed by atoms with E-state index in [4.69, 9.17) is 0 Å². The predicted molar refractivity (Wildman–Crippen MR) is 75.6 cm³/mol. The summed E-state index contributed by atoms with van der Waals surface area (Å²) in [6, 6.07) is 13.6. The molecule has 0 bridgehead atoms. The van der Waals surface area contributed by atoms with Crippen LogP contribution in [0, 0.1) is 11.6 Å². The molecule has 3 heteroatoms. The first-order valence-electron chi connectivity index (χ1n) is 6.71. The fraction of sp³-hybridized carbons (Fsp3) is 0.294. The zero-order valence-corrected chi connectivity index (χ0v) is 11.4. The summed E-state index contributed by atoms with van der Waals surface area (Å²) in [6.45, 7) is 1.95. The summed E-state index contributed by atoms with van der Waals surface area (Å²) in [6.07, 6.45) is 1.19. The highest BCUT2D eigenvalue weighted by Gasteiger charge is 2.30. The molecule has 0 amide bonds. The summed E-state index contributed by atoms with van der Waals surface area (Å²) in [4.78, 5) is 0. The monoisotopic (exact) mass is 276 g/mol. The zero-order valence-electron chi connectivity index (χ0n) is 11.4. The molecule has 0 aliphatic carbocycles. The van der Waals surface area contributed by atoms with Gasteiger partial charge in [-0.1, -0.05) is 43.3 Å². The summed E-state index contributed by atoms with van der Waals surface area (Å²) in [5.74, 6) is -1.70. The van der Waals surface area contributed by atoms with E-state index in [9.17, 15) is 13.9 Å². The average Bonchev–Trinajstić information content (AvgIpc) is 2.49. The highest BCUT2D eigenvalue weighted by Crippen LogP contribution is 2.32. The molecule has 2 aromatic carbocycles. The summed E-state index contributed by atoms with van der Waals surface area (Å²) in [5, 5.41) is 9.85. The first-order chi connectivity index (χ1) is 9.61. The van der Waals surface area contributed by atoms with Crippen molar-refractivity contribution in [3.05, 3.63) is 71.3 Å². The molecule has 0 aliphatic rings. The van der Waals surface area contributed by atoms with Crippen LogP contribution in [0.25, 0.3) is 0 Å². The largest absolute Gasteiger partial charge is 0.395 e. The van der Waals surface area contributed by atoms with E-state index in [-0.39, 0.29) is 6.61 Å². The molecule has 2 rings (SSSR count). The van der Waals surface area contributed by atoms with Crippen molar-refractivity contribution in [1.82, 2.24) is 0 Å². The number of hydrogen-bond donors (Lipinski definition) is 1. The molecule has 0 saturated carbocycles. The van der Waals surface area contributed by atoms with Crippen LogP contribution in [0.15, 0.2) is 48.5 Å². The minimum Gasteiger partial charge on any atom is -0.395 e. The maximum atomic E-state index is 13.3. The van der Waals surface area contributed by atoms with Gasteiger partial charge in [-0.15, -0.1) is 0 Å². The second kappa shape index (κ2) is 6.14. The lowest BCUT2D eigenvalue weighted by molar-refractivity contribution is 0.186. The van der Waals surface area contributed by atoms with E-state index < -0.39 is 17.0 Å². The highest BCUT2D eigenvalue weighted by atomic mass is 19.2. The van der Waals surface area contributed by atoms with Crippen LogP contribution in [0.4, 0.5) is 8.78 Å². The first kappa shape index (κ1) is 14.7. The molecule has 1 N–H and O–H groups in total. The van der Waals surface area contributed by atoms with Crippen molar-refractivity contribution >= 4 is 0 Å². The van der Waals surface area contributed by atoms with Gasteiger partial charge >= 0.3 is 0 Å². The maximum Gasteiger partial charge on any atom is 0.159 e. The molecule has 2 aromatic rings. The number of hydrogen-bond acceptors (Lipinski definition) is 1. The quantitative estimate of drug-likeness (QED) is 0.879. The Kier molecular flexibility index (Phi) is 4.50. The van der Waals surface area contributed by atoms with Gasteiger partial charge in [-0.2, -0.15) is 0 Å². The number of aliphatic hydroxyl groups excluding tert-OH is 1. The van der Waals surface area contributed by atoms with Gasteiger partial charge in [0.05, 0.1) is 6.61 Å². The van der Waals surface area contributed by atoms with E-state index in [0.29, 0.717) is 18.4 Å². The van der Waals surface area contributed by atoms with E-state index >= 15 is 0 Å². The highest BCUT2D eigenvalue weighted by molar-refractivity contribution is 5.30. The number of rotatable bonds is 5. The Hall–Kier alpha value is -1.74. The van der Waals surface area contributed by atoms with E-state index in [1.54, 1.807) is 6.07 Å². The fourth-order valence-electron chi connectivity index (χ4n) is 2.52. The fourth-order valence-corrected chi connectivity index (χ4v) is 2.52. The van der Waals surface area contributed by atoms with Crippen molar-refractivity contribution in [1.29, 1.82) is 0 Å². The molecule has 1 nitrogen and oxygen atoms in total. The second-order valence-electron chi connectivity index (χ2n) is 5.08. The molecule has 1 unspecified atom stereocenters. The minimum absolute atomic E-state index is 0.0352. The van der Waals surface area contributed by atoms with E-state index in [2.05, 4.69) is 0 Å². The number of benzene rings is 2. The summed E-state index contributed by atoms with van der Waals surface area (Å²) in [5.41, 5.74) is 1.23. The van der Waals surface area contributed by atoms with Gasteiger partial charge in [0.1, 0.15) is 0 Å². The Balaban J connectivity index is 2.36. The summed E-state index contributed by atoms with van der Waals surface area (Å²) >= 11 is 0. The van der Waals surface area contributed by atoms with Crippen LogP contribution in [0.1, 0.15) is 24.5 Å². The van der Waals surface area contributed by atoms with Crippen molar-refractivity contribution in [2.45, 2.75) is 25.2 Å². The zero-order chi connectivity index (χ0) is 14.6. The third kappa shape index (κ3) is 2.88. The van der Waals surface area contributed by atoms with Crippen LogP contribution >= 0.6 is 0 Å². The lowest BCUT2D eigenvalue weighted by Gasteiger charge is -2.31. The summed E-state index contributed by atoms with van der Waals surface area (Å²) in [7, 11) is 0. The standard InChI is InChI=1S/C17H18F2O/c1-2-17(12-20,14-6-4-3-5-7-14)11-13-8-9-15(18)16(19)10-13/h3-10,20H,2,11-12H2,1H3.